The number of nitrogens with one attached hydrogen (secondary N) is 1. The fourth-order valence-electron chi connectivity index (χ4n) is 1.20. The van der Waals surface area contributed by atoms with Crippen LogP contribution in [0.25, 0.3) is 0 Å². The van der Waals surface area contributed by atoms with Gasteiger partial charge in [0.05, 0.1) is 5.56 Å². The average Bonchev–Trinajstić information content (AvgIpc) is 2.80. The Kier molecular flexibility index (Phi) is 3.42. The van der Waals surface area contributed by atoms with Gasteiger partial charge in [0, 0.05) is 0 Å². The van der Waals surface area contributed by atoms with Crippen molar-refractivity contribution in [3.05, 3.63) is 29.7 Å². The van der Waals surface area contributed by atoms with Crippen LogP contribution in [0.4, 0.5) is 13.2 Å². The maximum atomic E-state index is 12.6. The van der Waals surface area contributed by atoms with Gasteiger partial charge in [0.1, 0.15) is 17.0 Å². The van der Waals surface area contributed by atoms with Gasteiger partial charge in [-0.25, -0.2) is 9.97 Å². The van der Waals surface area contributed by atoms with Crippen molar-refractivity contribution in [1.82, 2.24) is 20.2 Å². The first kappa shape index (κ1) is 13.3. The summed E-state index contributed by atoms with van der Waals surface area (Å²) in [5, 5.41) is 6.00. The number of H-pyrrole nitrogens is 1. The molecule has 0 radical (unpaired) electrons. The summed E-state index contributed by atoms with van der Waals surface area (Å²) < 4.78 is 37.7. The van der Waals surface area contributed by atoms with E-state index in [-0.39, 0.29) is 15.7 Å². The highest BCUT2D eigenvalue weighted by molar-refractivity contribution is 7.99. The van der Waals surface area contributed by atoms with E-state index < -0.39 is 17.8 Å². The second kappa shape index (κ2) is 4.88. The van der Waals surface area contributed by atoms with Gasteiger partial charge in [0.2, 0.25) is 0 Å². The minimum absolute atomic E-state index is 0.116. The molecule has 0 aromatic carbocycles. The number of hydrogen-bond acceptors (Lipinski definition) is 5. The van der Waals surface area contributed by atoms with Crippen LogP contribution < -0.4 is 5.73 Å². The zero-order valence-electron chi connectivity index (χ0n) is 9.10. The van der Waals surface area contributed by atoms with Crippen molar-refractivity contribution in [2.24, 2.45) is 5.73 Å². The lowest BCUT2D eigenvalue weighted by Crippen LogP contribution is -2.16. The molecule has 0 aliphatic carbocycles. The molecule has 0 saturated carbocycles. The highest BCUT2D eigenvalue weighted by atomic mass is 32.2. The number of pyridine rings is 1. The van der Waals surface area contributed by atoms with E-state index in [1.54, 1.807) is 0 Å². The molecule has 0 bridgehead atoms. The van der Waals surface area contributed by atoms with E-state index in [0.717, 1.165) is 17.8 Å². The number of nitrogens with zero attached hydrogens (tertiary/aromatic N) is 3. The quantitative estimate of drug-likeness (QED) is 0.891. The molecule has 2 aromatic rings. The minimum Gasteiger partial charge on any atom is -0.366 e. The first-order valence-electron chi connectivity index (χ1n) is 4.79. The molecule has 2 heterocycles. The number of carbonyl (C=O) groups is 1. The van der Waals surface area contributed by atoms with Gasteiger partial charge in [-0.3, -0.25) is 9.89 Å². The van der Waals surface area contributed by atoms with E-state index >= 15 is 0 Å². The summed E-state index contributed by atoms with van der Waals surface area (Å²) in [6, 6.07) is 1.68. The molecule has 0 aliphatic heterocycles. The SMILES string of the molecule is NC(=O)c1ccc(C(F)(F)F)nc1Sc1ncn[nH]1. The third-order valence-electron chi connectivity index (χ3n) is 2.00. The highest BCUT2D eigenvalue weighted by Gasteiger charge is 2.33. The second-order valence-corrected chi connectivity index (χ2v) is 4.28. The zero-order valence-corrected chi connectivity index (χ0v) is 9.92. The topological polar surface area (TPSA) is 97.6 Å². The summed E-state index contributed by atoms with van der Waals surface area (Å²) in [4.78, 5) is 18.3. The van der Waals surface area contributed by atoms with Crippen molar-refractivity contribution in [2.45, 2.75) is 16.4 Å². The summed E-state index contributed by atoms with van der Waals surface area (Å²) in [7, 11) is 0. The number of halogens is 3. The molecule has 2 rings (SSSR count). The smallest absolute Gasteiger partial charge is 0.366 e. The lowest BCUT2D eigenvalue weighted by Gasteiger charge is -2.09. The lowest BCUT2D eigenvalue weighted by atomic mass is 10.2. The van der Waals surface area contributed by atoms with Crippen LogP contribution in [0.5, 0.6) is 0 Å². The summed E-state index contributed by atoms with van der Waals surface area (Å²) in [6.07, 6.45) is -3.42. The monoisotopic (exact) mass is 289 g/mol. The average molecular weight is 289 g/mol. The first-order chi connectivity index (χ1) is 8.88. The largest absolute Gasteiger partial charge is 0.433 e. The number of carbonyl (C=O) groups excluding carboxylic acids is 1. The lowest BCUT2D eigenvalue weighted by molar-refractivity contribution is -0.141. The Morgan fingerprint density at radius 2 is 2.11 bits per heavy atom. The van der Waals surface area contributed by atoms with Crippen LogP contribution in [0.2, 0.25) is 0 Å². The number of hydrogen-bond donors (Lipinski definition) is 2. The number of alkyl halides is 3. The molecule has 6 nitrogen and oxygen atoms in total. The number of nitrogens with two attached hydrogens (primary N) is 1. The second-order valence-electron chi connectivity index (χ2n) is 3.30. The van der Waals surface area contributed by atoms with E-state index in [4.69, 9.17) is 5.73 Å². The number of aromatic amines is 1. The predicted molar refractivity (Wildman–Crippen MR) is 58.3 cm³/mol. The van der Waals surface area contributed by atoms with Gasteiger partial charge in [-0.1, -0.05) is 0 Å². The van der Waals surface area contributed by atoms with E-state index in [1.165, 1.54) is 6.33 Å². The van der Waals surface area contributed by atoms with Crippen LogP contribution in [0.15, 0.2) is 28.6 Å². The Bertz CT molecular complexity index is 598. The Morgan fingerprint density at radius 1 is 1.37 bits per heavy atom. The number of rotatable bonds is 3. The number of primary amides is 1. The molecule has 0 aliphatic rings. The predicted octanol–water partition coefficient (Wildman–Crippen LogP) is 1.47. The van der Waals surface area contributed by atoms with Crippen LogP contribution in [0.3, 0.4) is 0 Å². The standard InChI is InChI=1S/C9H6F3N5OS/c10-9(11,12)5-2-1-4(6(13)18)7(16-5)19-8-14-3-15-17-8/h1-3H,(H2,13,18)(H,14,15,17). The number of amides is 1. The molecular formula is C9H6F3N5OS. The molecule has 10 heteroatoms. The summed E-state index contributed by atoms with van der Waals surface area (Å²) >= 11 is 0.738. The molecule has 0 atom stereocenters. The van der Waals surface area contributed by atoms with Crippen molar-refractivity contribution >= 4 is 17.7 Å². The molecule has 1 amide bonds. The van der Waals surface area contributed by atoms with Crippen LogP contribution >= 0.6 is 11.8 Å². The van der Waals surface area contributed by atoms with Crippen LogP contribution in [0, 0.1) is 0 Å². The molecule has 3 N–H and O–H groups in total. The maximum absolute atomic E-state index is 12.6. The molecule has 0 saturated heterocycles. The van der Waals surface area contributed by atoms with Gasteiger partial charge in [-0.2, -0.15) is 18.3 Å². The minimum atomic E-state index is -4.60. The fraction of sp³-hybridized carbons (Fsp3) is 0.111. The van der Waals surface area contributed by atoms with Gasteiger partial charge >= 0.3 is 6.18 Å². The van der Waals surface area contributed by atoms with Gasteiger partial charge in [0.15, 0.2) is 5.16 Å². The Balaban J connectivity index is 2.45. The Morgan fingerprint density at radius 3 is 2.63 bits per heavy atom. The van der Waals surface area contributed by atoms with E-state index in [0.29, 0.717) is 6.07 Å². The third kappa shape index (κ3) is 3.02. The van der Waals surface area contributed by atoms with E-state index in [2.05, 4.69) is 20.2 Å². The van der Waals surface area contributed by atoms with Crippen LogP contribution in [0.1, 0.15) is 16.1 Å². The molecule has 2 aromatic heterocycles. The van der Waals surface area contributed by atoms with Gasteiger partial charge < -0.3 is 5.73 Å². The van der Waals surface area contributed by atoms with E-state index in [1.807, 2.05) is 0 Å². The molecule has 0 spiro atoms. The van der Waals surface area contributed by atoms with Crippen molar-refractivity contribution in [1.29, 1.82) is 0 Å². The van der Waals surface area contributed by atoms with Crippen LogP contribution in [-0.2, 0) is 6.18 Å². The Hall–Kier alpha value is -2.10. The van der Waals surface area contributed by atoms with Crippen molar-refractivity contribution in [3.8, 4) is 0 Å². The zero-order chi connectivity index (χ0) is 14.0. The first-order valence-corrected chi connectivity index (χ1v) is 5.61. The fourth-order valence-corrected chi connectivity index (χ4v) is 2.00. The van der Waals surface area contributed by atoms with Gasteiger partial charge in [-0.05, 0) is 23.9 Å². The van der Waals surface area contributed by atoms with Crippen molar-refractivity contribution in [2.75, 3.05) is 0 Å². The number of aromatic nitrogens is 4. The van der Waals surface area contributed by atoms with Crippen LogP contribution in [-0.4, -0.2) is 26.1 Å². The summed E-state index contributed by atoms with van der Waals surface area (Å²) in [6.45, 7) is 0. The molecule has 0 fully saturated rings. The normalized spacial score (nSPS) is 11.5. The maximum Gasteiger partial charge on any atom is 0.433 e. The van der Waals surface area contributed by atoms with Crippen molar-refractivity contribution in [3.63, 3.8) is 0 Å². The summed E-state index contributed by atoms with van der Waals surface area (Å²) in [5.41, 5.74) is 3.86. The molecule has 19 heavy (non-hydrogen) atoms. The Labute approximate surface area is 108 Å². The summed E-state index contributed by atoms with van der Waals surface area (Å²) in [5.74, 6) is -0.872. The molecular weight excluding hydrogens is 283 g/mol. The van der Waals surface area contributed by atoms with E-state index in [9.17, 15) is 18.0 Å². The highest BCUT2D eigenvalue weighted by Crippen LogP contribution is 2.32. The van der Waals surface area contributed by atoms with Gasteiger partial charge in [-0.15, -0.1) is 0 Å². The van der Waals surface area contributed by atoms with Gasteiger partial charge in [0.25, 0.3) is 5.91 Å². The molecule has 0 unspecified atom stereocenters. The molecule has 100 valence electrons. The van der Waals surface area contributed by atoms with Crippen molar-refractivity contribution < 1.29 is 18.0 Å². The third-order valence-corrected chi connectivity index (χ3v) is 2.90.